The highest BCUT2D eigenvalue weighted by molar-refractivity contribution is 5.93. The SMILES string of the molecule is CC(C)C[C@@H](NC(=O)[C@H](O)Cc1ccccc1)C(=O)N1[C@H](C(=O)NCC2=CCN(C(=N)N)C2)C[C@@H]2CC[C@@H](OC3OCC(O)C(O)C3O)C[C@@H]21. The van der Waals surface area contributed by atoms with Crippen molar-refractivity contribution >= 4 is 23.7 Å². The largest absolute Gasteiger partial charge is 0.388 e. The van der Waals surface area contributed by atoms with E-state index >= 15 is 0 Å². The number of fused-ring (bicyclic) bond motifs is 1. The lowest BCUT2D eigenvalue weighted by atomic mass is 9.82. The van der Waals surface area contributed by atoms with Gasteiger partial charge in [0.25, 0.3) is 0 Å². The molecule has 9 N–H and O–H groups in total. The van der Waals surface area contributed by atoms with E-state index in [1.54, 1.807) is 9.80 Å². The number of aliphatic hydroxyl groups is 4. The number of hydrogen-bond acceptors (Lipinski definition) is 10. The zero-order valence-corrected chi connectivity index (χ0v) is 28.7. The molecule has 0 aromatic heterocycles. The van der Waals surface area contributed by atoms with E-state index in [-0.39, 0.29) is 49.7 Å². The van der Waals surface area contributed by atoms with Gasteiger partial charge in [0, 0.05) is 32.1 Å². The molecule has 276 valence electrons. The molecule has 4 unspecified atom stereocenters. The lowest BCUT2D eigenvalue weighted by Gasteiger charge is -2.41. The smallest absolute Gasteiger partial charge is 0.249 e. The van der Waals surface area contributed by atoms with Crippen molar-refractivity contribution in [1.29, 1.82) is 5.41 Å². The third-order valence-corrected chi connectivity index (χ3v) is 10.2. The van der Waals surface area contributed by atoms with Gasteiger partial charge in [-0.1, -0.05) is 50.3 Å². The number of carbonyl (C=O) groups is 3. The van der Waals surface area contributed by atoms with Gasteiger partial charge in [0.05, 0.1) is 12.7 Å². The average molecular weight is 701 g/mol. The van der Waals surface area contributed by atoms with Crippen LogP contribution >= 0.6 is 0 Å². The van der Waals surface area contributed by atoms with E-state index in [0.717, 1.165) is 11.1 Å². The summed E-state index contributed by atoms with van der Waals surface area (Å²) in [6.07, 6.45) is -3.01. The minimum Gasteiger partial charge on any atom is -0.388 e. The number of aliphatic hydroxyl groups excluding tert-OH is 4. The molecule has 1 aromatic rings. The number of nitrogens with two attached hydrogens (primary N) is 1. The molecule has 5 rings (SSSR count). The van der Waals surface area contributed by atoms with Gasteiger partial charge in [-0.25, -0.2) is 0 Å². The van der Waals surface area contributed by atoms with Crippen LogP contribution < -0.4 is 16.4 Å². The number of hydrogen-bond donors (Lipinski definition) is 8. The second-order valence-electron chi connectivity index (χ2n) is 14.4. The first-order chi connectivity index (χ1) is 23.8. The number of nitrogens with zero attached hydrogens (tertiary/aromatic N) is 2. The highest BCUT2D eigenvalue weighted by Crippen LogP contribution is 2.42. The lowest BCUT2D eigenvalue weighted by Crippen LogP contribution is -2.58. The quantitative estimate of drug-likeness (QED) is 0.0746. The fraction of sp³-hybridized carbons (Fsp3) is 0.657. The Kier molecular flexibility index (Phi) is 12.5. The number of nitrogens with one attached hydrogen (secondary N) is 3. The molecular formula is C35H52N6O9. The highest BCUT2D eigenvalue weighted by atomic mass is 16.7. The number of benzene rings is 1. The summed E-state index contributed by atoms with van der Waals surface area (Å²) < 4.78 is 11.6. The summed E-state index contributed by atoms with van der Waals surface area (Å²) in [7, 11) is 0. The fourth-order valence-corrected chi connectivity index (χ4v) is 7.50. The molecule has 3 amide bonds. The van der Waals surface area contributed by atoms with Crippen molar-refractivity contribution in [3.05, 3.63) is 47.5 Å². The van der Waals surface area contributed by atoms with E-state index in [2.05, 4.69) is 10.6 Å². The number of rotatable bonds is 12. The molecule has 4 aliphatic rings. The van der Waals surface area contributed by atoms with Crippen LogP contribution in [0.4, 0.5) is 0 Å². The summed E-state index contributed by atoms with van der Waals surface area (Å²) in [5.41, 5.74) is 7.29. The Labute approximate surface area is 292 Å². The Morgan fingerprint density at radius 2 is 1.84 bits per heavy atom. The molecule has 1 saturated carbocycles. The molecule has 2 saturated heterocycles. The molecule has 0 spiro atoms. The van der Waals surface area contributed by atoms with Crippen LogP contribution in [0.25, 0.3) is 0 Å². The maximum absolute atomic E-state index is 14.6. The Bertz CT molecular complexity index is 1400. The van der Waals surface area contributed by atoms with E-state index in [9.17, 15) is 34.8 Å². The Morgan fingerprint density at radius 3 is 2.52 bits per heavy atom. The van der Waals surface area contributed by atoms with Crippen molar-refractivity contribution in [2.45, 2.75) is 107 Å². The summed E-state index contributed by atoms with van der Waals surface area (Å²) in [5, 5.41) is 54.8. The molecule has 0 bridgehead atoms. The highest BCUT2D eigenvalue weighted by Gasteiger charge is 2.51. The van der Waals surface area contributed by atoms with E-state index in [1.807, 2.05) is 50.3 Å². The number of likely N-dealkylation sites (tertiary alicyclic amines) is 1. The van der Waals surface area contributed by atoms with Gasteiger partial charge in [0.1, 0.15) is 36.5 Å². The van der Waals surface area contributed by atoms with Gasteiger partial charge >= 0.3 is 0 Å². The predicted octanol–water partition coefficient (Wildman–Crippen LogP) is -1.03. The molecule has 1 aliphatic carbocycles. The molecule has 0 radical (unpaired) electrons. The summed E-state index contributed by atoms with van der Waals surface area (Å²) >= 11 is 0. The fourth-order valence-electron chi connectivity index (χ4n) is 7.50. The van der Waals surface area contributed by atoms with Crippen molar-refractivity contribution < 1.29 is 44.3 Å². The molecule has 50 heavy (non-hydrogen) atoms. The Balaban J connectivity index is 1.34. The molecule has 15 nitrogen and oxygen atoms in total. The number of amides is 3. The third-order valence-electron chi connectivity index (χ3n) is 10.2. The zero-order valence-electron chi connectivity index (χ0n) is 28.7. The van der Waals surface area contributed by atoms with Gasteiger partial charge < -0.3 is 56.1 Å². The molecule has 1 aromatic carbocycles. The van der Waals surface area contributed by atoms with Crippen molar-refractivity contribution in [2.75, 3.05) is 26.2 Å². The minimum atomic E-state index is -1.46. The second-order valence-corrected chi connectivity index (χ2v) is 14.4. The summed E-state index contributed by atoms with van der Waals surface area (Å²) in [6.45, 7) is 4.76. The van der Waals surface area contributed by atoms with Gasteiger partial charge in [0.2, 0.25) is 17.7 Å². The topological polar surface area (TPSA) is 231 Å². The van der Waals surface area contributed by atoms with Crippen molar-refractivity contribution in [1.82, 2.24) is 20.4 Å². The first-order valence-electron chi connectivity index (χ1n) is 17.5. The van der Waals surface area contributed by atoms with Crippen molar-refractivity contribution in [3.63, 3.8) is 0 Å². The number of guanidine groups is 1. The van der Waals surface area contributed by atoms with Crippen molar-refractivity contribution in [3.8, 4) is 0 Å². The molecule has 3 aliphatic heterocycles. The number of carbonyl (C=O) groups excluding carboxylic acids is 3. The Morgan fingerprint density at radius 1 is 1.10 bits per heavy atom. The second kappa shape index (κ2) is 16.6. The predicted molar refractivity (Wildman–Crippen MR) is 181 cm³/mol. The van der Waals surface area contributed by atoms with E-state index in [4.69, 9.17) is 20.6 Å². The summed E-state index contributed by atoms with van der Waals surface area (Å²) in [5.74, 6) is -1.55. The lowest BCUT2D eigenvalue weighted by molar-refractivity contribution is -0.285. The van der Waals surface area contributed by atoms with Crippen LogP contribution in [0.15, 0.2) is 42.0 Å². The van der Waals surface area contributed by atoms with Crippen LogP contribution in [0.1, 0.15) is 51.5 Å². The van der Waals surface area contributed by atoms with Gasteiger partial charge in [-0.3, -0.25) is 19.8 Å². The molecule has 3 heterocycles. The van der Waals surface area contributed by atoms with Crippen LogP contribution in [-0.4, -0.2) is 135 Å². The molecular weight excluding hydrogens is 648 g/mol. The monoisotopic (exact) mass is 700 g/mol. The van der Waals surface area contributed by atoms with E-state index in [1.165, 1.54) is 0 Å². The van der Waals surface area contributed by atoms with Crippen LogP contribution in [0, 0.1) is 17.2 Å². The zero-order chi connectivity index (χ0) is 36.1. The first kappa shape index (κ1) is 37.7. The molecule has 3 fully saturated rings. The van der Waals surface area contributed by atoms with Crippen LogP contribution in [0.3, 0.4) is 0 Å². The average Bonchev–Trinajstić information content (AvgIpc) is 3.72. The van der Waals surface area contributed by atoms with Gasteiger partial charge in [-0.05, 0) is 55.1 Å². The maximum Gasteiger partial charge on any atom is 0.249 e. The number of ether oxygens (including phenoxy) is 2. The van der Waals surface area contributed by atoms with Gasteiger partial charge in [-0.2, -0.15) is 0 Å². The summed E-state index contributed by atoms with van der Waals surface area (Å²) in [6, 6.07) is 6.80. The first-order valence-corrected chi connectivity index (χ1v) is 17.5. The van der Waals surface area contributed by atoms with Gasteiger partial charge in [-0.15, -0.1) is 0 Å². The molecule has 10 atom stereocenters. The normalized spacial score (nSPS) is 30.7. The van der Waals surface area contributed by atoms with Crippen LogP contribution in [0.2, 0.25) is 0 Å². The van der Waals surface area contributed by atoms with Crippen LogP contribution in [0.5, 0.6) is 0 Å². The maximum atomic E-state index is 14.6. The molecule has 15 heteroatoms. The van der Waals surface area contributed by atoms with Crippen LogP contribution in [-0.2, 0) is 30.3 Å². The van der Waals surface area contributed by atoms with E-state index in [0.29, 0.717) is 38.8 Å². The Hall–Kier alpha value is -3.60. The standard InChI is InChI=1S/C35H52N6O9/c1-19(2)12-24(39-32(47)27(42)13-20-6-4-3-5-7-20)33(48)41-25-15-23(50-34-30(45)29(44)28(43)18-49-34)9-8-22(25)14-26(41)31(46)38-16-21-10-11-40(17-21)35(36)37/h3-7,10,19,22-30,34,42-45H,8-9,11-18H2,1-2H3,(H3,36,37)(H,38,46)(H,39,47)/t22-,23+,24+,25-,26-,27+,28?,29?,30?,34?/m0/s1. The minimum absolute atomic E-state index is 0.00567. The summed E-state index contributed by atoms with van der Waals surface area (Å²) in [4.78, 5) is 45.0. The van der Waals surface area contributed by atoms with Crippen molar-refractivity contribution in [2.24, 2.45) is 17.6 Å². The third kappa shape index (κ3) is 9.00. The van der Waals surface area contributed by atoms with Gasteiger partial charge in [0.15, 0.2) is 12.2 Å². The van der Waals surface area contributed by atoms with E-state index < -0.39 is 66.7 Å².